The third-order valence-corrected chi connectivity index (χ3v) is 5.87. The van der Waals surface area contributed by atoms with Crippen LogP contribution in [0.4, 0.5) is 4.79 Å². The lowest BCUT2D eigenvalue weighted by atomic mass is 9.98. The molecule has 0 atom stereocenters. The summed E-state index contributed by atoms with van der Waals surface area (Å²) in [5, 5.41) is 0.404. The first-order valence-electron chi connectivity index (χ1n) is 9.30. The van der Waals surface area contributed by atoms with Gasteiger partial charge in [-0.3, -0.25) is 0 Å². The monoisotopic (exact) mass is 391 g/mol. The van der Waals surface area contributed by atoms with Crippen molar-refractivity contribution in [3.05, 3.63) is 82.4 Å². The number of benzene rings is 2. The zero-order valence-corrected chi connectivity index (χ0v) is 15.9. The van der Waals surface area contributed by atoms with Crippen LogP contribution in [0, 0.1) is 0 Å². The molecule has 1 amide bonds. The Morgan fingerprint density at radius 1 is 1.07 bits per heavy atom. The van der Waals surface area contributed by atoms with Gasteiger partial charge in [0, 0.05) is 24.4 Å². The molecule has 1 aromatic heterocycles. The number of carbonyl (C=O) groups is 1. The van der Waals surface area contributed by atoms with Gasteiger partial charge in [-0.05, 0) is 22.3 Å². The summed E-state index contributed by atoms with van der Waals surface area (Å²) in [7, 11) is 0. The Bertz CT molecular complexity index is 1020. The van der Waals surface area contributed by atoms with Gasteiger partial charge >= 0.3 is 6.09 Å². The Labute approximate surface area is 168 Å². The zero-order valence-electron chi connectivity index (χ0n) is 15.1. The highest BCUT2D eigenvalue weighted by Gasteiger charge is 2.30. The lowest BCUT2D eigenvalue weighted by Gasteiger charge is -2.28. The average Bonchev–Trinajstić information content (AvgIpc) is 3.06. The first-order chi connectivity index (χ1) is 13.7. The van der Waals surface area contributed by atoms with Gasteiger partial charge < -0.3 is 9.64 Å². The quantitative estimate of drug-likeness (QED) is 0.606. The highest BCUT2D eigenvalue weighted by atomic mass is 35.5. The first kappa shape index (κ1) is 17.2. The van der Waals surface area contributed by atoms with Crippen LogP contribution < -0.4 is 0 Å². The van der Waals surface area contributed by atoms with Crippen molar-refractivity contribution in [2.45, 2.75) is 18.9 Å². The Balaban J connectivity index is 1.33. The normalized spacial score (nSPS) is 15.0. The van der Waals surface area contributed by atoms with Crippen molar-refractivity contribution in [3.63, 3.8) is 0 Å². The van der Waals surface area contributed by atoms with Gasteiger partial charge in [0.2, 0.25) is 0 Å². The smallest absolute Gasteiger partial charge is 0.410 e. The molecule has 3 aromatic rings. The number of ether oxygens (including phenoxy) is 1. The van der Waals surface area contributed by atoms with Crippen LogP contribution in [-0.2, 0) is 17.7 Å². The minimum absolute atomic E-state index is 0.0559. The summed E-state index contributed by atoms with van der Waals surface area (Å²) in [6.45, 7) is 1.26. The van der Waals surface area contributed by atoms with Gasteiger partial charge in [-0.1, -0.05) is 60.1 Å². The summed E-state index contributed by atoms with van der Waals surface area (Å²) in [6.07, 6.45) is 1.79. The summed E-state index contributed by atoms with van der Waals surface area (Å²) in [5.41, 5.74) is 6.56. The molecule has 140 valence electrons. The fourth-order valence-electron chi connectivity index (χ4n) is 4.15. The van der Waals surface area contributed by atoms with Crippen molar-refractivity contribution in [2.24, 2.45) is 0 Å². The van der Waals surface area contributed by atoms with Crippen LogP contribution in [0.2, 0.25) is 5.15 Å². The predicted octanol–water partition coefficient (Wildman–Crippen LogP) is 4.44. The molecule has 1 aliphatic heterocycles. The van der Waals surface area contributed by atoms with Gasteiger partial charge in [-0.2, -0.15) is 0 Å². The Morgan fingerprint density at radius 2 is 1.75 bits per heavy atom. The van der Waals surface area contributed by atoms with Crippen LogP contribution >= 0.6 is 11.6 Å². The van der Waals surface area contributed by atoms with Gasteiger partial charge in [0.1, 0.15) is 18.1 Å². The van der Waals surface area contributed by atoms with E-state index in [2.05, 4.69) is 34.2 Å². The van der Waals surface area contributed by atoms with Gasteiger partial charge in [0.05, 0.1) is 12.2 Å². The van der Waals surface area contributed by atoms with Crippen LogP contribution in [0.3, 0.4) is 0 Å². The van der Waals surface area contributed by atoms with Crippen LogP contribution in [0.15, 0.2) is 54.9 Å². The van der Waals surface area contributed by atoms with E-state index in [1.165, 1.54) is 28.6 Å². The van der Waals surface area contributed by atoms with Crippen LogP contribution in [0.25, 0.3) is 11.1 Å². The molecular weight excluding hydrogens is 374 g/mol. The number of aromatic nitrogens is 2. The van der Waals surface area contributed by atoms with E-state index in [1.54, 1.807) is 4.90 Å². The molecule has 5 nitrogen and oxygen atoms in total. The van der Waals surface area contributed by atoms with E-state index in [9.17, 15) is 4.79 Å². The molecule has 6 heteroatoms. The minimum Gasteiger partial charge on any atom is -0.448 e. The molecule has 0 radical (unpaired) electrons. The molecule has 2 heterocycles. The topological polar surface area (TPSA) is 55.3 Å². The van der Waals surface area contributed by atoms with Crippen LogP contribution in [0.5, 0.6) is 0 Å². The van der Waals surface area contributed by atoms with E-state index in [0.29, 0.717) is 31.3 Å². The van der Waals surface area contributed by atoms with Crippen molar-refractivity contribution >= 4 is 17.7 Å². The molecule has 0 fully saturated rings. The summed E-state index contributed by atoms with van der Waals surface area (Å²) in [6, 6.07) is 16.6. The van der Waals surface area contributed by atoms with E-state index < -0.39 is 0 Å². The van der Waals surface area contributed by atoms with E-state index in [1.807, 2.05) is 24.3 Å². The van der Waals surface area contributed by atoms with E-state index in [0.717, 1.165) is 11.3 Å². The maximum Gasteiger partial charge on any atom is 0.410 e. The molecule has 0 unspecified atom stereocenters. The predicted molar refractivity (Wildman–Crippen MR) is 106 cm³/mol. The SMILES string of the molecule is O=C(OCC1c2ccccc2-c2ccccc21)N1CCc2ncnc(Cl)c2C1. The summed E-state index contributed by atoms with van der Waals surface area (Å²) in [4.78, 5) is 22.7. The summed E-state index contributed by atoms with van der Waals surface area (Å²) >= 11 is 6.18. The molecule has 28 heavy (non-hydrogen) atoms. The van der Waals surface area contributed by atoms with Crippen LogP contribution in [0.1, 0.15) is 28.3 Å². The number of nitrogens with zero attached hydrogens (tertiary/aromatic N) is 3. The highest BCUT2D eigenvalue weighted by Crippen LogP contribution is 2.44. The maximum atomic E-state index is 12.7. The summed E-state index contributed by atoms with van der Waals surface area (Å²) in [5.74, 6) is 0.0559. The molecule has 0 spiro atoms. The molecule has 0 bridgehead atoms. The number of fused-ring (bicyclic) bond motifs is 4. The summed E-state index contributed by atoms with van der Waals surface area (Å²) < 4.78 is 5.74. The largest absolute Gasteiger partial charge is 0.448 e. The lowest BCUT2D eigenvalue weighted by molar-refractivity contribution is 0.0950. The molecule has 1 aliphatic carbocycles. The van der Waals surface area contributed by atoms with E-state index >= 15 is 0 Å². The van der Waals surface area contributed by atoms with Gasteiger partial charge in [-0.15, -0.1) is 0 Å². The fourth-order valence-corrected chi connectivity index (χ4v) is 4.36. The second-order valence-corrected chi connectivity index (χ2v) is 7.42. The van der Waals surface area contributed by atoms with Crippen molar-refractivity contribution in [3.8, 4) is 11.1 Å². The maximum absolute atomic E-state index is 12.7. The number of amides is 1. The van der Waals surface area contributed by atoms with Crippen molar-refractivity contribution in [2.75, 3.05) is 13.2 Å². The fraction of sp³-hybridized carbons (Fsp3) is 0.227. The number of halogens is 1. The molecule has 0 saturated carbocycles. The molecule has 2 aromatic carbocycles. The second-order valence-electron chi connectivity index (χ2n) is 7.07. The number of hydrogen-bond acceptors (Lipinski definition) is 4. The lowest BCUT2D eigenvalue weighted by Crippen LogP contribution is -2.37. The molecule has 0 saturated heterocycles. The van der Waals surface area contributed by atoms with Gasteiger partial charge in [-0.25, -0.2) is 14.8 Å². The van der Waals surface area contributed by atoms with Crippen molar-refractivity contribution in [1.82, 2.24) is 14.9 Å². The molecule has 5 rings (SSSR count). The average molecular weight is 392 g/mol. The number of rotatable bonds is 2. The van der Waals surface area contributed by atoms with Gasteiger partial charge in [0.25, 0.3) is 0 Å². The number of carbonyl (C=O) groups excluding carboxylic acids is 1. The van der Waals surface area contributed by atoms with Crippen molar-refractivity contribution in [1.29, 1.82) is 0 Å². The van der Waals surface area contributed by atoms with Crippen LogP contribution in [-0.4, -0.2) is 34.1 Å². The second kappa shape index (κ2) is 6.91. The Kier molecular flexibility index (Phi) is 4.24. The third kappa shape index (κ3) is 2.83. The Hall–Kier alpha value is -2.92. The van der Waals surface area contributed by atoms with E-state index in [4.69, 9.17) is 16.3 Å². The highest BCUT2D eigenvalue weighted by molar-refractivity contribution is 6.30. The third-order valence-electron chi connectivity index (χ3n) is 5.54. The van der Waals surface area contributed by atoms with E-state index in [-0.39, 0.29) is 12.0 Å². The first-order valence-corrected chi connectivity index (χ1v) is 9.68. The molecular formula is C22H18ClN3O2. The van der Waals surface area contributed by atoms with Gasteiger partial charge in [0.15, 0.2) is 0 Å². The molecule has 0 N–H and O–H groups in total. The Morgan fingerprint density at radius 3 is 2.46 bits per heavy atom. The minimum atomic E-state index is -0.326. The standard InChI is InChI=1S/C22H18ClN3O2/c23-21-18-11-26(10-9-20(18)24-13-25-21)22(27)28-12-19-16-7-3-1-5-14(16)15-6-2-4-8-17(15)19/h1-8,13,19H,9-12H2. The molecule has 2 aliphatic rings. The zero-order chi connectivity index (χ0) is 19.1. The number of hydrogen-bond donors (Lipinski definition) is 0. The van der Waals surface area contributed by atoms with Crippen molar-refractivity contribution < 1.29 is 9.53 Å².